The van der Waals surface area contributed by atoms with Gasteiger partial charge in [0.2, 0.25) is 0 Å². The molecule has 1 heterocycles. The van der Waals surface area contributed by atoms with Crippen molar-refractivity contribution in [2.75, 3.05) is 0 Å². The summed E-state index contributed by atoms with van der Waals surface area (Å²) in [6.07, 6.45) is 0. The summed E-state index contributed by atoms with van der Waals surface area (Å²) in [4.78, 5) is 0. The zero-order valence-corrected chi connectivity index (χ0v) is 17.6. The Kier molecular flexibility index (Phi) is 3.74. The molecule has 6 rings (SSSR count). The predicted octanol–water partition coefficient (Wildman–Crippen LogP) is 8.98. The zero-order chi connectivity index (χ0) is 19.5. The lowest BCUT2D eigenvalue weighted by Crippen LogP contribution is -1.87. The molecule has 3 heteroatoms. The topological polar surface area (TPSA) is 13.1 Å². The van der Waals surface area contributed by atoms with E-state index < -0.39 is 0 Å². The van der Waals surface area contributed by atoms with Crippen molar-refractivity contribution >= 4 is 71.0 Å². The molecule has 1 nitrogen and oxygen atoms in total. The molecule has 0 saturated heterocycles. The minimum Gasteiger partial charge on any atom is -0.456 e. The van der Waals surface area contributed by atoms with E-state index >= 15 is 0 Å². The van der Waals surface area contributed by atoms with E-state index in [1.54, 1.807) is 0 Å². The second kappa shape index (κ2) is 6.35. The fourth-order valence-corrected chi connectivity index (χ4v) is 5.15. The summed E-state index contributed by atoms with van der Waals surface area (Å²) in [6.45, 7) is 0. The number of benzene rings is 5. The molecule has 0 atom stereocenters. The average Bonchev–Trinajstić information content (AvgIpc) is 3.11. The van der Waals surface area contributed by atoms with Crippen LogP contribution >= 0.6 is 27.5 Å². The number of fused-ring (bicyclic) bond motifs is 5. The van der Waals surface area contributed by atoms with Crippen molar-refractivity contribution in [3.63, 3.8) is 0 Å². The van der Waals surface area contributed by atoms with Crippen molar-refractivity contribution in [3.05, 3.63) is 94.4 Å². The maximum absolute atomic E-state index is 6.20. The third kappa shape index (κ3) is 2.53. The van der Waals surface area contributed by atoms with E-state index in [9.17, 15) is 0 Å². The lowest BCUT2D eigenvalue weighted by atomic mass is 9.91. The van der Waals surface area contributed by atoms with E-state index in [0.717, 1.165) is 32.0 Å². The van der Waals surface area contributed by atoms with Crippen molar-refractivity contribution in [2.24, 2.45) is 0 Å². The minimum atomic E-state index is 0.717. The van der Waals surface area contributed by atoms with Gasteiger partial charge in [0, 0.05) is 20.3 Å². The molecule has 0 aliphatic heterocycles. The van der Waals surface area contributed by atoms with Crippen molar-refractivity contribution in [1.29, 1.82) is 0 Å². The summed E-state index contributed by atoms with van der Waals surface area (Å²) in [5.74, 6) is 0. The smallest absolute Gasteiger partial charge is 0.136 e. The van der Waals surface area contributed by atoms with Crippen LogP contribution in [0.15, 0.2) is 93.8 Å². The Bertz CT molecular complexity index is 1520. The van der Waals surface area contributed by atoms with E-state index in [1.165, 1.54) is 27.1 Å². The van der Waals surface area contributed by atoms with Gasteiger partial charge in [-0.25, -0.2) is 0 Å². The van der Waals surface area contributed by atoms with Gasteiger partial charge in [-0.15, -0.1) is 0 Å². The first kappa shape index (κ1) is 17.1. The molecule has 138 valence electrons. The van der Waals surface area contributed by atoms with Crippen LogP contribution in [0, 0.1) is 0 Å². The molecule has 0 radical (unpaired) electrons. The van der Waals surface area contributed by atoms with Gasteiger partial charge in [-0.3, -0.25) is 0 Å². The summed E-state index contributed by atoms with van der Waals surface area (Å²) in [6, 6.07) is 29.3. The van der Waals surface area contributed by atoms with Crippen LogP contribution in [0.4, 0.5) is 0 Å². The molecule has 0 aliphatic carbocycles. The number of furan rings is 1. The van der Waals surface area contributed by atoms with Crippen LogP contribution in [0.3, 0.4) is 0 Å². The Morgan fingerprint density at radius 3 is 1.93 bits per heavy atom. The lowest BCUT2D eigenvalue weighted by Gasteiger charge is -2.14. The minimum absolute atomic E-state index is 0.717. The number of hydrogen-bond donors (Lipinski definition) is 0. The van der Waals surface area contributed by atoms with E-state index in [0.29, 0.717) is 5.02 Å². The van der Waals surface area contributed by atoms with Crippen molar-refractivity contribution in [2.45, 2.75) is 0 Å². The second-order valence-electron chi connectivity index (χ2n) is 7.23. The van der Waals surface area contributed by atoms with Gasteiger partial charge in [0.05, 0.1) is 0 Å². The van der Waals surface area contributed by atoms with Crippen molar-refractivity contribution < 1.29 is 4.42 Å². The summed E-state index contributed by atoms with van der Waals surface area (Å²) >= 11 is 10.0. The molecule has 6 aromatic rings. The largest absolute Gasteiger partial charge is 0.456 e. The summed E-state index contributed by atoms with van der Waals surface area (Å²) in [5, 5.41) is 7.69. The van der Waals surface area contributed by atoms with Gasteiger partial charge in [0.15, 0.2) is 0 Å². The highest BCUT2D eigenvalue weighted by molar-refractivity contribution is 9.10. The molecule has 0 spiro atoms. The average molecular weight is 458 g/mol. The first-order chi connectivity index (χ1) is 14.2. The highest BCUT2D eigenvalue weighted by atomic mass is 79.9. The Morgan fingerprint density at radius 2 is 1.24 bits per heavy atom. The molecular weight excluding hydrogens is 444 g/mol. The van der Waals surface area contributed by atoms with Gasteiger partial charge in [0.25, 0.3) is 0 Å². The zero-order valence-electron chi connectivity index (χ0n) is 15.2. The molecule has 0 unspecified atom stereocenters. The molecule has 0 aliphatic rings. The Balaban J connectivity index is 1.74. The molecule has 0 amide bonds. The monoisotopic (exact) mass is 456 g/mol. The van der Waals surface area contributed by atoms with Crippen LogP contribution in [0.1, 0.15) is 0 Å². The normalized spacial score (nSPS) is 11.8. The quantitative estimate of drug-likeness (QED) is 0.224. The SMILES string of the molecule is Clc1ccc2oc3cc(-c4c5ccccc5c(Br)c5ccccc45)ccc3c2c1. The Labute approximate surface area is 180 Å². The van der Waals surface area contributed by atoms with Crippen LogP contribution < -0.4 is 0 Å². The van der Waals surface area contributed by atoms with Gasteiger partial charge >= 0.3 is 0 Å². The van der Waals surface area contributed by atoms with E-state index in [2.05, 4.69) is 82.7 Å². The molecule has 0 bridgehead atoms. The Hall–Kier alpha value is -2.81. The van der Waals surface area contributed by atoms with Crippen LogP contribution in [0.25, 0.3) is 54.6 Å². The molecule has 0 saturated carbocycles. The summed E-state index contributed by atoms with van der Waals surface area (Å²) < 4.78 is 7.28. The predicted molar refractivity (Wildman–Crippen MR) is 127 cm³/mol. The van der Waals surface area contributed by atoms with Crippen molar-refractivity contribution in [1.82, 2.24) is 0 Å². The van der Waals surface area contributed by atoms with E-state index in [1.807, 2.05) is 18.2 Å². The maximum Gasteiger partial charge on any atom is 0.136 e. The molecule has 29 heavy (non-hydrogen) atoms. The number of hydrogen-bond acceptors (Lipinski definition) is 1. The highest BCUT2D eigenvalue weighted by Crippen LogP contribution is 2.43. The van der Waals surface area contributed by atoms with Gasteiger partial charge in [-0.2, -0.15) is 0 Å². The highest BCUT2D eigenvalue weighted by Gasteiger charge is 2.15. The van der Waals surface area contributed by atoms with E-state index in [4.69, 9.17) is 16.0 Å². The fourth-order valence-electron chi connectivity index (χ4n) is 4.29. The Morgan fingerprint density at radius 1 is 0.586 bits per heavy atom. The van der Waals surface area contributed by atoms with Gasteiger partial charge in [0.1, 0.15) is 11.2 Å². The first-order valence-electron chi connectivity index (χ1n) is 9.42. The standard InChI is InChI=1S/C26H14BrClO/c27-26-20-7-3-1-5-18(20)25(19-6-2-4-8-21(19)26)15-9-11-17-22-14-16(28)10-12-23(22)29-24(17)13-15/h1-14H. The third-order valence-corrected chi connectivity index (χ3v) is 6.68. The van der Waals surface area contributed by atoms with Crippen LogP contribution in [0.5, 0.6) is 0 Å². The number of rotatable bonds is 1. The molecule has 1 aromatic heterocycles. The maximum atomic E-state index is 6.20. The molecular formula is C26H14BrClO. The van der Waals surface area contributed by atoms with Crippen molar-refractivity contribution in [3.8, 4) is 11.1 Å². The third-order valence-electron chi connectivity index (χ3n) is 5.59. The van der Waals surface area contributed by atoms with Gasteiger partial charge in [-0.05, 0) is 78.9 Å². The molecule has 0 N–H and O–H groups in total. The van der Waals surface area contributed by atoms with Crippen LogP contribution in [-0.4, -0.2) is 0 Å². The number of halogens is 2. The molecule has 5 aromatic carbocycles. The van der Waals surface area contributed by atoms with Gasteiger partial charge in [-0.1, -0.05) is 66.2 Å². The lowest BCUT2D eigenvalue weighted by molar-refractivity contribution is 0.669. The fraction of sp³-hybridized carbons (Fsp3) is 0. The first-order valence-corrected chi connectivity index (χ1v) is 10.6. The van der Waals surface area contributed by atoms with Crippen LogP contribution in [-0.2, 0) is 0 Å². The molecule has 0 fully saturated rings. The van der Waals surface area contributed by atoms with Gasteiger partial charge < -0.3 is 4.42 Å². The van der Waals surface area contributed by atoms with Crippen LogP contribution in [0.2, 0.25) is 5.02 Å². The summed E-state index contributed by atoms with van der Waals surface area (Å²) in [5.41, 5.74) is 4.09. The second-order valence-corrected chi connectivity index (χ2v) is 8.46. The summed E-state index contributed by atoms with van der Waals surface area (Å²) in [7, 11) is 0. The van der Waals surface area contributed by atoms with E-state index in [-0.39, 0.29) is 0 Å².